The van der Waals surface area contributed by atoms with Crippen LogP contribution in [-0.4, -0.2) is 66.3 Å². The summed E-state index contributed by atoms with van der Waals surface area (Å²) in [6.07, 6.45) is 2.55. The zero-order valence-corrected chi connectivity index (χ0v) is 18.8. The van der Waals surface area contributed by atoms with Gasteiger partial charge in [0.05, 0.1) is 5.57 Å². The van der Waals surface area contributed by atoms with E-state index in [4.69, 9.17) is 11.6 Å². The van der Waals surface area contributed by atoms with Crippen molar-refractivity contribution >= 4 is 29.0 Å². The van der Waals surface area contributed by atoms with E-state index in [0.29, 0.717) is 29.3 Å². The summed E-state index contributed by atoms with van der Waals surface area (Å²) in [5.74, 6) is -0.404. The molecule has 162 valence electrons. The monoisotopic (exact) mass is 437 g/mol. The number of nitrogens with zero attached hydrogens (tertiary/aromatic N) is 3. The smallest absolute Gasteiger partial charge is 0.277 e. The van der Waals surface area contributed by atoms with Crippen molar-refractivity contribution in [2.45, 2.75) is 25.3 Å². The Morgan fingerprint density at radius 1 is 0.968 bits per heavy atom. The fraction of sp³-hybridized carbons (Fsp3) is 0.360. The van der Waals surface area contributed by atoms with Crippen molar-refractivity contribution in [2.24, 2.45) is 0 Å². The number of likely N-dealkylation sites (N-methyl/N-ethyl adjacent to an activating group) is 1. The van der Waals surface area contributed by atoms with Crippen molar-refractivity contribution in [1.29, 1.82) is 0 Å². The van der Waals surface area contributed by atoms with E-state index < -0.39 is 0 Å². The second kappa shape index (κ2) is 9.25. The van der Waals surface area contributed by atoms with Gasteiger partial charge in [0.25, 0.3) is 11.8 Å². The van der Waals surface area contributed by atoms with Gasteiger partial charge >= 0.3 is 0 Å². The first-order valence-electron chi connectivity index (χ1n) is 10.8. The molecule has 0 radical (unpaired) electrons. The second-order valence-corrected chi connectivity index (χ2v) is 8.81. The van der Waals surface area contributed by atoms with Crippen LogP contribution in [0, 0.1) is 0 Å². The molecule has 1 fully saturated rings. The zero-order chi connectivity index (χ0) is 22.0. The Bertz CT molecular complexity index is 980. The highest BCUT2D eigenvalue weighted by molar-refractivity contribution is 6.35. The third-order valence-electron chi connectivity index (χ3n) is 6.33. The molecule has 2 aromatic rings. The van der Waals surface area contributed by atoms with Gasteiger partial charge in [0.1, 0.15) is 5.70 Å². The maximum absolute atomic E-state index is 13.5. The molecule has 0 aromatic heterocycles. The largest absolute Gasteiger partial charge is 0.366 e. The molecule has 0 aliphatic carbocycles. The fourth-order valence-electron chi connectivity index (χ4n) is 4.42. The van der Waals surface area contributed by atoms with Gasteiger partial charge in [-0.2, -0.15) is 0 Å². The predicted octanol–water partition coefficient (Wildman–Crippen LogP) is 3.69. The maximum atomic E-state index is 13.5. The molecule has 5 nitrogen and oxygen atoms in total. The molecule has 1 saturated heterocycles. The highest BCUT2D eigenvalue weighted by Gasteiger charge is 2.42. The van der Waals surface area contributed by atoms with Crippen LogP contribution in [-0.2, 0) is 16.0 Å². The number of hydrogen-bond donors (Lipinski definition) is 0. The quantitative estimate of drug-likeness (QED) is 0.646. The van der Waals surface area contributed by atoms with Gasteiger partial charge in [0, 0.05) is 24.7 Å². The normalized spacial score (nSPS) is 18.2. The minimum absolute atomic E-state index is 0.195. The molecule has 0 N–H and O–H groups in total. The van der Waals surface area contributed by atoms with Crippen molar-refractivity contribution in [1.82, 2.24) is 14.7 Å². The molecular weight excluding hydrogens is 410 g/mol. The average molecular weight is 438 g/mol. The molecule has 0 unspecified atom stereocenters. The summed E-state index contributed by atoms with van der Waals surface area (Å²) in [6.45, 7) is 2.33. The lowest BCUT2D eigenvalue weighted by Gasteiger charge is -2.36. The van der Waals surface area contributed by atoms with E-state index in [1.54, 1.807) is 0 Å². The van der Waals surface area contributed by atoms with Crippen molar-refractivity contribution in [3.05, 3.63) is 76.4 Å². The molecule has 0 bridgehead atoms. The van der Waals surface area contributed by atoms with Crippen LogP contribution < -0.4 is 0 Å². The molecule has 2 aliphatic rings. The van der Waals surface area contributed by atoms with E-state index in [0.717, 1.165) is 37.1 Å². The van der Waals surface area contributed by atoms with Crippen LogP contribution in [0.25, 0.3) is 5.57 Å². The number of imide groups is 1. The summed E-state index contributed by atoms with van der Waals surface area (Å²) in [7, 11) is 4.08. The summed E-state index contributed by atoms with van der Waals surface area (Å²) in [5, 5.41) is 0.673. The number of carbonyl (C=O) groups excluding carboxylic acids is 2. The number of piperidine rings is 1. The minimum Gasteiger partial charge on any atom is -0.366 e. The fourth-order valence-corrected chi connectivity index (χ4v) is 4.54. The summed E-state index contributed by atoms with van der Waals surface area (Å²) in [4.78, 5) is 32.7. The molecule has 0 spiro atoms. The zero-order valence-electron chi connectivity index (χ0n) is 18.1. The predicted molar refractivity (Wildman–Crippen MR) is 124 cm³/mol. The van der Waals surface area contributed by atoms with Crippen LogP contribution in [0.1, 0.15) is 24.0 Å². The van der Waals surface area contributed by atoms with E-state index in [1.165, 1.54) is 4.90 Å². The van der Waals surface area contributed by atoms with Crippen LogP contribution in [0.15, 0.2) is 60.3 Å². The van der Waals surface area contributed by atoms with E-state index in [9.17, 15) is 9.59 Å². The Morgan fingerprint density at radius 3 is 2.26 bits per heavy atom. The van der Waals surface area contributed by atoms with E-state index >= 15 is 0 Å². The topological polar surface area (TPSA) is 43.9 Å². The number of carbonyl (C=O) groups is 2. The minimum atomic E-state index is -0.208. The number of benzene rings is 2. The van der Waals surface area contributed by atoms with Crippen molar-refractivity contribution < 1.29 is 9.59 Å². The highest BCUT2D eigenvalue weighted by atomic mass is 35.5. The van der Waals surface area contributed by atoms with Crippen LogP contribution in [0.2, 0.25) is 5.02 Å². The Labute approximate surface area is 188 Å². The third kappa shape index (κ3) is 4.53. The maximum Gasteiger partial charge on any atom is 0.277 e. The number of likely N-dealkylation sites (tertiary alicyclic amines) is 1. The molecule has 2 amide bonds. The highest BCUT2D eigenvalue weighted by Crippen LogP contribution is 2.33. The Hall–Kier alpha value is -2.63. The first-order valence-corrected chi connectivity index (χ1v) is 11.1. The Morgan fingerprint density at radius 2 is 1.61 bits per heavy atom. The van der Waals surface area contributed by atoms with Crippen LogP contribution in [0.3, 0.4) is 0 Å². The van der Waals surface area contributed by atoms with Gasteiger partial charge in [-0.15, -0.1) is 0 Å². The first-order chi connectivity index (χ1) is 15.0. The SMILES string of the molecule is CN1CCC(N(C)C2=C(c3ccccc3)C(=O)N(CCc3ccc(Cl)cc3)C2=O)CC1. The van der Waals surface area contributed by atoms with E-state index in [2.05, 4.69) is 16.8 Å². The first kappa shape index (κ1) is 21.6. The van der Waals surface area contributed by atoms with Gasteiger partial charge < -0.3 is 9.80 Å². The molecule has 2 aromatic carbocycles. The van der Waals surface area contributed by atoms with E-state index in [1.807, 2.05) is 61.6 Å². The average Bonchev–Trinajstić information content (AvgIpc) is 3.03. The molecule has 31 heavy (non-hydrogen) atoms. The van der Waals surface area contributed by atoms with Gasteiger partial charge in [-0.25, -0.2) is 0 Å². The van der Waals surface area contributed by atoms with Crippen LogP contribution in [0.5, 0.6) is 0 Å². The third-order valence-corrected chi connectivity index (χ3v) is 6.58. The Kier molecular flexibility index (Phi) is 6.44. The van der Waals surface area contributed by atoms with Crippen molar-refractivity contribution in [3.63, 3.8) is 0 Å². The molecule has 2 aliphatic heterocycles. The van der Waals surface area contributed by atoms with Gasteiger partial charge in [-0.05, 0) is 62.7 Å². The summed E-state index contributed by atoms with van der Waals surface area (Å²) in [6, 6.07) is 17.3. The molecule has 4 rings (SSSR count). The standard InChI is InChI=1S/C25H28ClN3O2/c1-27-15-13-21(14-16-27)28(2)23-22(19-6-4-3-5-7-19)24(30)29(25(23)31)17-12-18-8-10-20(26)11-9-18/h3-11,21H,12-17H2,1-2H3. The van der Waals surface area contributed by atoms with Gasteiger partial charge in [-0.1, -0.05) is 54.1 Å². The molecule has 6 heteroatoms. The number of amides is 2. The van der Waals surface area contributed by atoms with Crippen LogP contribution >= 0.6 is 11.6 Å². The van der Waals surface area contributed by atoms with Crippen LogP contribution in [0.4, 0.5) is 0 Å². The second-order valence-electron chi connectivity index (χ2n) is 8.37. The molecule has 2 heterocycles. The molecule has 0 atom stereocenters. The van der Waals surface area contributed by atoms with Gasteiger partial charge in [0.15, 0.2) is 0 Å². The van der Waals surface area contributed by atoms with Gasteiger partial charge in [0.2, 0.25) is 0 Å². The lowest BCUT2D eigenvalue weighted by atomic mass is 10.0. The van der Waals surface area contributed by atoms with Crippen molar-refractivity contribution in [2.75, 3.05) is 33.7 Å². The summed E-state index contributed by atoms with van der Waals surface area (Å²) >= 11 is 5.98. The number of hydrogen-bond acceptors (Lipinski definition) is 4. The Balaban J connectivity index is 1.61. The number of rotatable bonds is 6. The summed E-state index contributed by atoms with van der Waals surface area (Å²) < 4.78 is 0. The van der Waals surface area contributed by atoms with Crippen molar-refractivity contribution in [3.8, 4) is 0 Å². The summed E-state index contributed by atoms with van der Waals surface area (Å²) in [5.41, 5.74) is 2.89. The lowest BCUT2D eigenvalue weighted by Crippen LogP contribution is -2.43. The molecular formula is C25H28ClN3O2. The van der Waals surface area contributed by atoms with E-state index in [-0.39, 0.29) is 17.9 Å². The molecule has 0 saturated carbocycles. The number of halogens is 1. The van der Waals surface area contributed by atoms with Gasteiger partial charge in [-0.3, -0.25) is 14.5 Å². The lowest BCUT2D eigenvalue weighted by molar-refractivity contribution is -0.137.